The number of ketones is 1. The summed E-state index contributed by atoms with van der Waals surface area (Å²) in [6.45, 7) is 0.243. The molecule has 0 aliphatic heterocycles. The number of unbranched alkanes of at least 4 members (excludes halogenated alkanes) is 1. The minimum atomic E-state index is -0.878. The van der Waals surface area contributed by atoms with Crippen LogP contribution in [-0.2, 0) is 20.9 Å². The Kier molecular flexibility index (Phi) is 5.97. The van der Waals surface area contributed by atoms with Crippen LogP contribution >= 0.6 is 15.9 Å². The summed E-state index contributed by atoms with van der Waals surface area (Å²) in [6.07, 6.45) is 4.41. The Hall–Kier alpha value is -1.16. The zero-order valence-corrected chi connectivity index (χ0v) is 13.7. The van der Waals surface area contributed by atoms with E-state index >= 15 is 0 Å². The first-order valence-corrected chi connectivity index (χ1v) is 8.61. The predicted molar refractivity (Wildman–Crippen MR) is 85.2 cm³/mol. The van der Waals surface area contributed by atoms with Gasteiger partial charge < -0.3 is 4.74 Å². The zero-order chi connectivity index (χ0) is 15.1. The summed E-state index contributed by atoms with van der Waals surface area (Å²) in [5.74, 6) is -0.265. The summed E-state index contributed by atoms with van der Waals surface area (Å²) in [5, 5.41) is 0.899. The summed E-state index contributed by atoms with van der Waals surface area (Å²) in [4.78, 5) is 24.7. The molecule has 1 atom stereocenters. The van der Waals surface area contributed by atoms with Crippen LogP contribution < -0.4 is 0 Å². The summed E-state index contributed by atoms with van der Waals surface area (Å²) < 4.78 is 5.44. The van der Waals surface area contributed by atoms with Gasteiger partial charge in [-0.1, -0.05) is 52.7 Å². The van der Waals surface area contributed by atoms with Gasteiger partial charge >= 0.3 is 5.97 Å². The van der Waals surface area contributed by atoms with Crippen molar-refractivity contribution in [3.8, 4) is 0 Å². The molecule has 2 rings (SSSR count). The number of carbonyl (C=O) groups is 2. The highest BCUT2D eigenvalue weighted by Crippen LogP contribution is 2.40. The second-order valence-electron chi connectivity index (χ2n) is 5.57. The van der Waals surface area contributed by atoms with Crippen molar-refractivity contribution < 1.29 is 14.3 Å². The molecule has 0 saturated heterocycles. The number of hydrogen-bond donors (Lipinski definition) is 0. The Balaban J connectivity index is 1.99. The van der Waals surface area contributed by atoms with E-state index in [9.17, 15) is 9.59 Å². The van der Waals surface area contributed by atoms with Gasteiger partial charge in [-0.05, 0) is 31.2 Å². The molecule has 3 nitrogen and oxygen atoms in total. The molecule has 1 saturated carbocycles. The number of rotatable bonds is 7. The van der Waals surface area contributed by atoms with E-state index < -0.39 is 5.41 Å². The fourth-order valence-corrected chi connectivity index (χ4v) is 3.29. The smallest absolute Gasteiger partial charge is 0.319 e. The predicted octanol–water partition coefficient (Wildman–Crippen LogP) is 4.03. The summed E-state index contributed by atoms with van der Waals surface area (Å²) >= 11 is 3.39. The molecule has 0 N–H and O–H groups in total. The Morgan fingerprint density at radius 1 is 1.24 bits per heavy atom. The van der Waals surface area contributed by atoms with Gasteiger partial charge in [0.1, 0.15) is 17.8 Å². The van der Waals surface area contributed by atoms with Gasteiger partial charge in [-0.3, -0.25) is 9.59 Å². The van der Waals surface area contributed by atoms with Crippen LogP contribution in [0.1, 0.15) is 44.1 Å². The van der Waals surface area contributed by atoms with E-state index in [4.69, 9.17) is 4.74 Å². The van der Waals surface area contributed by atoms with E-state index in [0.717, 1.165) is 30.2 Å². The molecule has 21 heavy (non-hydrogen) atoms. The molecule has 1 aliphatic rings. The van der Waals surface area contributed by atoms with Gasteiger partial charge in [0.25, 0.3) is 0 Å². The van der Waals surface area contributed by atoms with Gasteiger partial charge in [-0.2, -0.15) is 0 Å². The molecule has 1 fully saturated rings. The molecule has 4 heteroatoms. The van der Waals surface area contributed by atoms with Crippen LogP contribution in [0.25, 0.3) is 0 Å². The molecule has 0 aromatic heterocycles. The Morgan fingerprint density at radius 2 is 2.00 bits per heavy atom. The summed E-state index contributed by atoms with van der Waals surface area (Å²) in [7, 11) is 0. The first kappa shape index (κ1) is 16.2. The Morgan fingerprint density at radius 3 is 2.62 bits per heavy atom. The molecule has 1 aliphatic carbocycles. The average molecular weight is 353 g/mol. The standard InChI is InChI=1S/C17H21BrO3/c18-12-5-4-10-17(11-6-9-15(17)19)16(20)21-13-14-7-2-1-3-8-14/h1-3,7-8H,4-6,9-13H2. The van der Waals surface area contributed by atoms with Gasteiger partial charge in [0.15, 0.2) is 0 Å². The van der Waals surface area contributed by atoms with Crippen LogP contribution in [0, 0.1) is 5.41 Å². The number of hydrogen-bond acceptors (Lipinski definition) is 3. The lowest BCUT2D eigenvalue weighted by Gasteiger charge is -2.25. The molecule has 0 radical (unpaired) electrons. The lowest BCUT2D eigenvalue weighted by molar-refractivity contribution is -0.161. The highest BCUT2D eigenvalue weighted by molar-refractivity contribution is 9.09. The number of Topliss-reactive ketones (excluding diaryl/α,β-unsaturated/α-hetero) is 1. The highest BCUT2D eigenvalue weighted by atomic mass is 79.9. The third kappa shape index (κ3) is 3.94. The molecule has 0 heterocycles. The third-order valence-corrected chi connectivity index (χ3v) is 4.69. The maximum Gasteiger partial charge on any atom is 0.319 e. The van der Waals surface area contributed by atoms with Crippen molar-refractivity contribution in [3.05, 3.63) is 35.9 Å². The first-order valence-electron chi connectivity index (χ1n) is 7.49. The monoisotopic (exact) mass is 352 g/mol. The SMILES string of the molecule is O=C1CCCC1(CCCCBr)C(=O)OCc1ccccc1. The fourth-order valence-electron chi connectivity index (χ4n) is 2.89. The maximum atomic E-state index is 12.5. The first-order chi connectivity index (χ1) is 10.2. The Bertz CT molecular complexity index is 486. The lowest BCUT2D eigenvalue weighted by atomic mass is 9.80. The van der Waals surface area contributed by atoms with Crippen LogP contribution in [0.15, 0.2) is 30.3 Å². The number of halogens is 1. The Labute approximate surface area is 134 Å². The number of ether oxygens (including phenoxy) is 1. The molecule has 0 bridgehead atoms. The van der Waals surface area contributed by atoms with Crippen LogP contribution in [0.4, 0.5) is 0 Å². The van der Waals surface area contributed by atoms with Crippen molar-refractivity contribution in [1.29, 1.82) is 0 Å². The van der Waals surface area contributed by atoms with Gasteiger partial charge in [0.05, 0.1) is 0 Å². The van der Waals surface area contributed by atoms with Gasteiger partial charge in [0.2, 0.25) is 0 Å². The molecule has 1 aromatic rings. The number of benzene rings is 1. The van der Waals surface area contributed by atoms with Crippen LogP contribution in [0.2, 0.25) is 0 Å². The third-order valence-electron chi connectivity index (χ3n) is 4.13. The summed E-state index contributed by atoms with van der Waals surface area (Å²) in [5.41, 5.74) is 0.0728. The van der Waals surface area contributed by atoms with E-state index in [1.54, 1.807) is 0 Å². The van der Waals surface area contributed by atoms with E-state index in [-0.39, 0.29) is 18.4 Å². The van der Waals surface area contributed by atoms with Crippen LogP contribution in [0.3, 0.4) is 0 Å². The van der Waals surface area contributed by atoms with E-state index in [1.807, 2.05) is 30.3 Å². The second-order valence-corrected chi connectivity index (χ2v) is 6.36. The van der Waals surface area contributed by atoms with Gasteiger partial charge in [-0.25, -0.2) is 0 Å². The maximum absolute atomic E-state index is 12.5. The van der Waals surface area contributed by atoms with Crippen LogP contribution in [0.5, 0.6) is 0 Å². The molecule has 0 spiro atoms. The lowest BCUT2D eigenvalue weighted by Crippen LogP contribution is -2.36. The fraction of sp³-hybridized carbons (Fsp3) is 0.529. The van der Waals surface area contributed by atoms with Crippen molar-refractivity contribution in [2.24, 2.45) is 5.41 Å². The number of alkyl halides is 1. The molecular weight excluding hydrogens is 332 g/mol. The molecule has 1 aromatic carbocycles. The van der Waals surface area contributed by atoms with Crippen LogP contribution in [-0.4, -0.2) is 17.1 Å². The molecule has 0 amide bonds. The van der Waals surface area contributed by atoms with Crippen molar-refractivity contribution in [3.63, 3.8) is 0 Å². The van der Waals surface area contributed by atoms with E-state index in [2.05, 4.69) is 15.9 Å². The van der Waals surface area contributed by atoms with Gasteiger partial charge in [0, 0.05) is 11.8 Å². The molecular formula is C17H21BrO3. The largest absolute Gasteiger partial charge is 0.460 e. The highest BCUT2D eigenvalue weighted by Gasteiger charge is 2.49. The quantitative estimate of drug-likeness (QED) is 0.322. The summed E-state index contributed by atoms with van der Waals surface area (Å²) in [6, 6.07) is 9.58. The van der Waals surface area contributed by atoms with E-state index in [0.29, 0.717) is 19.3 Å². The molecule has 1 unspecified atom stereocenters. The second kappa shape index (κ2) is 7.74. The molecule has 114 valence electrons. The number of carbonyl (C=O) groups excluding carboxylic acids is 2. The van der Waals surface area contributed by atoms with E-state index in [1.165, 1.54) is 0 Å². The minimum Gasteiger partial charge on any atom is -0.460 e. The minimum absolute atomic E-state index is 0.0649. The van der Waals surface area contributed by atoms with Crippen molar-refractivity contribution in [2.45, 2.75) is 45.1 Å². The zero-order valence-electron chi connectivity index (χ0n) is 12.1. The van der Waals surface area contributed by atoms with Crippen molar-refractivity contribution >= 4 is 27.7 Å². The number of esters is 1. The average Bonchev–Trinajstić information content (AvgIpc) is 2.88. The topological polar surface area (TPSA) is 43.4 Å². The van der Waals surface area contributed by atoms with Crippen molar-refractivity contribution in [1.82, 2.24) is 0 Å². The van der Waals surface area contributed by atoms with Crippen molar-refractivity contribution in [2.75, 3.05) is 5.33 Å². The van der Waals surface area contributed by atoms with Gasteiger partial charge in [-0.15, -0.1) is 0 Å². The normalized spacial score (nSPS) is 21.5.